The third-order valence-corrected chi connectivity index (χ3v) is 6.37. The molecule has 4 fully saturated rings. The minimum Gasteiger partial charge on any atom is -0.315 e. The Morgan fingerprint density at radius 3 is 2.22 bits per heavy atom. The summed E-state index contributed by atoms with van der Waals surface area (Å²) in [6.07, 6.45) is 9.51. The van der Waals surface area contributed by atoms with Crippen molar-refractivity contribution in [3.63, 3.8) is 0 Å². The third-order valence-electron chi connectivity index (χ3n) is 6.37. The molecule has 23 heavy (non-hydrogen) atoms. The molecular formula is C20H29FN2. The third kappa shape index (κ3) is 3.46. The molecule has 0 radical (unpaired) electrons. The lowest BCUT2D eigenvalue weighted by Crippen LogP contribution is -2.59. The van der Waals surface area contributed by atoms with Gasteiger partial charge < -0.3 is 10.6 Å². The van der Waals surface area contributed by atoms with E-state index in [4.69, 9.17) is 0 Å². The molecule has 0 spiro atoms. The molecule has 0 amide bonds. The quantitative estimate of drug-likeness (QED) is 0.752. The monoisotopic (exact) mass is 316 g/mol. The Morgan fingerprint density at radius 1 is 0.913 bits per heavy atom. The topological polar surface area (TPSA) is 24.1 Å². The molecule has 3 heteroatoms. The van der Waals surface area contributed by atoms with Gasteiger partial charge in [0, 0.05) is 18.6 Å². The van der Waals surface area contributed by atoms with Crippen LogP contribution in [0.15, 0.2) is 24.3 Å². The number of halogens is 1. The zero-order valence-corrected chi connectivity index (χ0v) is 14.0. The van der Waals surface area contributed by atoms with Gasteiger partial charge in [-0.15, -0.1) is 0 Å². The number of hydrogen-bond acceptors (Lipinski definition) is 2. The summed E-state index contributed by atoms with van der Waals surface area (Å²) in [5.74, 6) is 2.93. The highest BCUT2D eigenvalue weighted by Crippen LogP contribution is 2.55. The Hall–Kier alpha value is -0.930. The molecule has 1 aromatic rings. The van der Waals surface area contributed by atoms with Crippen molar-refractivity contribution in [2.24, 2.45) is 17.8 Å². The summed E-state index contributed by atoms with van der Waals surface area (Å²) in [5, 5.41) is 7.37. The van der Waals surface area contributed by atoms with Crippen LogP contribution in [0.1, 0.15) is 44.1 Å². The van der Waals surface area contributed by atoms with Crippen LogP contribution in [0.25, 0.3) is 0 Å². The number of nitrogens with one attached hydrogen (secondary N) is 2. The maximum Gasteiger partial charge on any atom is 0.126 e. The van der Waals surface area contributed by atoms with E-state index in [2.05, 4.69) is 10.6 Å². The molecule has 0 saturated heterocycles. The Labute approximate surface area is 139 Å². The van der Waals surface area contributed by atoms with E-state index in [-0.39, 0.29) is 5.82 Å². The molecule has 0 aromatic heterocycles. The van der Waals surface area contributed by atoms with Gasteiger partial charge in [-0.25, -0.2) is 4.39 Å². The second-order valence-electron chi connectivity index (χ2n) is 8.22. The largest absolute Gasteiger partial charge is 0.315 e. The first kappa shape index (κ1) is 15.6. The van der Waals surface area contributed by atoms with Crippen LogP contribution in [-0.4, -0.2) is 25.2 Å². The Kier molecular flexibility index (Phi) is 4.42. The molecule has 2 nitrogen and oxygen atoms in total. The van der Waals surface area contributed by atoms with Crippen molar-refractivity contribution >= 4 is 0 Å². The van der Waals surface area contributed by atoms with Gasteiger partial charge in [-0.2, -0.15) is 0 Å². The standard InChI is InChI=1S/C20H29FN2/c21-19-4-2-1-3-18(19)5-6-22-7-8-23-20-12-15-9-16(13-20)11-17(10-15)14-20/h1-4,15-17,22-23H,5-14H2. The zero-order chi connectivity index (χ0) is 15.7. The fourth-order valence-corrected chi connectivity index (χ4v) is 5.79. The molecule has 5 rings (SSSR count). The van der Waals surface area contributed by atoms with Gasteiger partial charge in [0.05, 0.1) is 0 Å². The summed E-state index contributed by atoms with van der Waals surface area (Å²) in [6.45, 7) is 2.88. The lowest BCUT2D eigenvalue weighted by molar-refractivity contribution is -0.0192. The number of rotatable bonds is 7. The van der Waals surface area contributed by atoms with Crippen molar-refractivity contribution in [3.05, 3.63) is 35.6 Å². The number of hydrogen-bond donors (Lipinski definition) is 2. The van der Waals surface area contributed by atoms with Crippen LogP contribution in [0.3, 0.4) is 0 Å². The Bertz CT molecular complexity index is 507. The molecule has 0 atom stereocenters. The van der Waals surface area contributed by atoms with Crippen molar-refractivity contribution in [2.75, 3.05) is 19.6 Å². The van der Waals surface area contributed by atoms with E-state index in [1.165, 1.54) is 38.5 Å². The Balaban J connectivity index is 1.17. The minimum atomic E-state index is -0.0824. The van der Waals surface area contributed by atoms with E-state index in [1.54, 1.807) is 12.1 Å². The van der Waals surface area contributed by atoms with Crippen molar-refractivity contribution in [2.45, 2.75) is 50.5 Å². The highest BCUT2D eigenvalue weighted by Gasteiger charge is 2.50. The molecule has 4 saturated carbocycles. The van der Waals surface area contributed by atoms with Gasteiger partial charge in [0.1, 0.15) is 5.82 Å². The van der Waals surface area contributed by atoms with Crippen LogP contribution in [0.4, 0.5) is 4.39 Å². The maximum absolute atomic E-state index is 13.5. The highest BCUT2D eigenvalue weighted by atomic mass is 19.1. The normalized spacial score (nSPS) is 34.9. The lowest BCUT2D eigenvalue weighted by atomic mass is 9.53. The van der Waals surface area contributed by atoms with Gasteiger partial charge in [-0.05, 0) is 80.9 Å². The van der Waals surface area contributed by atoms with Crippen LogP contribution < -0.4 is 10.6 Å². The van der Waals surface area contributed by atoms with Crippen molar-refractivity contribution < 1.29 is 4.39 Å². The first-order valence-electron chi connectivity index (χ1n) is 9.42. The van der Waals surface area contributed by atoms with Crippen molar-refractivity contribution in [1.82, 2.24) is 10.6 Å². The predicted octanol–water partition coefficient (Wildman–Crippen LogP) is 3.52. The SMILES string of the molecule is Fc1ccccc1CCNCCNC12CC3CC(CC(C3)C1)C2. The van der Waals surface area contributed by atoms with E-state index in [9.17, 15) is 4.39 Å². The van der Waals surface area contributed by atoms with Crippen LogP contribution in [-0.2, 0) is 6.42 Å². The minimum absolute atomic E-state index is 0.0824. The van der Waals surface area contributed by atoms with Gasteiger partial charge in [-0.3, -0.25) is 0 Å². The molecule has 1 aromatic carbocycles. The maximum atomic E-state index is 13.5. The summed E-state index contributed by atoms with van der Waals surface area (Å²) in [5.41, 5.74) is 1.27. The molecule has 2 N–H and O–H groups in total. The molecule has 4 aliphatic rings. The van der Waals surface area contributed by atoms with E-state index in [0.29, 0.717) is 5.54 Å². The van der Waals surface area contributed by atoms with Crippen LogP contribution in [0, 0.1) is 23.6 Å². The van der Waals surface area contributed by atoms with Gasteiger partial charge in [0.15, 0.2) is 0 Å². The average molecular weight is 316 g/mol. The fourth-order valence-electron chi connectivity index (χ4n) is 5.79. The second kappa shape index (κ2) is 6.52. The van der Waals surface area contributed by atoms with E-state index in [1.807, 2.05) is 12.1 Å². The van der Waals surface area contributed by atoms with E-state index in [0.717, 1.165) is 49.4 Å². The zero-order valence-electron chi connectivity index (χ0n) is 14.0. The summed E-state index contributed by atoms with van der Waals surface area (Å²) in [6, 6.07) is 7.09. The van der Waals surface area contributed by atoms with Crippen LogP contribution in [0.2, 0.25) is 0 Å². The summed E-state index contributed by atoms with van der Waals surface area (Å²) >= 11 is 0. The predicted molar refractivity (Wildman–Crippen MR) is 91.9 cm³/mol. The van der Waals surface area contributed by atoms with Gasteiger partial charge >= 0.3 is 0 Å². The molecule has 0 unspecified atom stereocenters. The van der Waals surface area contributed by atoms with E-state index >= 15 is 0 Å². The first-order chi connectivity index (χ1) is 11.2. The fraction of sp³-hybridized carbons (Fsp3) is 0.700. The first-order valence-corrected chi connectivity index (χ1v) is 9.42. The highest BCUT2D eigenvalue weighted by molar-refractivity contribution is 5.17. The molecule has 0 aliphatic heterocycles. The molecular weight excluding hydrogens is 287 g/mol. The summed E-state index contributed by atoms with van der Waals surface area (Å²) < 4.78 is 13.5. The van der Waals surface area contributed by atoms with Crippen LogP contribution in [0.5, 0.6) is 0 Å². The van der Waals surface area contributed by atoms with Gasteiger partial charge in [0.2, 0.25) is 0 Å². The smallest absolute Gasteiger partial charge is 0.126 e. The summed E-state index contributed by atoms with van der Waals surface area (Å²) in [7, 11) is 0. The molecule has 4 bridgehead atoms. The number of benzene rings is 1. The van der Waals surface area contributed by atoms with E-state index < -0.39 is 0 Å². The van der Waals surface area contributed by atoms with Gasteiger partial charge in [0.25, 0.3) is 0 Å². The lowest BCUT2D eigenvalue weighted by Gasteiger charge is -2.57. The molecule has 4 aliphatic carbocycles. The Morgan fingerprint density at radius 2 is 1.57 bits per heavy atom. The molecule has 0 heterocycles. The van der Waals surface area contributed by atoms with Gasteiger partial charge in [-0.1, -0.05) is 18.2 Å². The average Bonchev–Trinajstić information content (AvgIpc) is 2.51. The summed E-state index contributed by atoms with van der Waals surface area (Å²) in [4.78, 5) is 0. The molecule has 126 valence electrons. The van der Waals surface area contributed by atoms with Crippen molar-refractivity contribution in [3.8, 4) is 0 Å². The van der Waals surface area contributed by atoms with Crippen LogP contribution >= 0.6 is 0 Å². The van der Waals surface area contributed by atoms with Crippen molar-refractivity contribution in [1.29, 1.82) is 0 Å². The second-order valence-corrected chi connectivity index (χ2v) is 8.22.